The fraction of sp³-hybridized carbons (Fsp3) is 0.444. The first kappa shape index (κ1) is 17.4. The van der Waals surface area contributed by atoms with E-state index in [4.69, 9.17) is 0 Å². The van der Waals surface area contributed by atoms with Gasteiger partial charge in [-0.2, -0.15) is 4.52 Å². The molecule has 1 aliphatic heterocycles. The van der Waals surface area contributed by atoms with Gasteiger partial charge in [-0.05, 0) is 6.92 Å². The van der Waals surface area contributed by atoms with Gasteiger partial charge in [0, 0.05) is 5.56 Å². The molecule has 1 aromatic carbocycles. The van der Waals surface area contributed by atoms with Crippen molar-refractivity contribution in [2.24, 2.45) is 0 Å². The molecule has 26 heavy (non-hydrogen) atoms. The van der Waals surface area contributed by atoms with Gasteiger partial charge >= 0.3 is 0 Å². The maximum Gasteiger partial charge on any atom is 0.235 e. The summed E-state index contributed by atoms with van der Waals surface area (Å²) in [4.78, 5) is 8.97. The van der Waals surface area contributed by atoms with Crippen LogP contribution in [0.3, 0.4) is 0 Å². The highest BCUT2D eigenvalue weighted by atomic mass is 32.1. The van der Waals surface area contributed by atoms with Crippen molar-refractivity contribution in [3.63, 3.8) is 0 Å². The van der Waals surface area contributed by atoms with Gasteiger partial charge in [0.1, 0.15) is 43.4 Å². The molecule has 138 valence electrons. The Morgan fingerprint density at radius 2 is 1.92 bits per heavy atom. The number of thiazole rings is 1. The van der Waals surface area contributed by atoms with Gasteiger partial charge < -0.3 is 20.0 Å². The van der Waals surface area contributed by atoms with Crippen LogP contribution in [0.4, 0.5) is 0 Å². The van der Waals surface area contributed by atoms with Gasteiger partial charge in [-0.1, -0.05) is 41.7 Å². The topological polar surface area (TPSA) is 79.5 Å². The van der Waals surface area contributed by atoms with E-state index in [-0.39, 0.29) is 18.5 Å². The van der Waals surface area contributed by atoms with Crippen LogP contribution >= 0.6 is 11.3 Å². The second kappa shape index (κ2) is 7.32. The van der Waals surface area contributed by atoms with E-state index in [9.17, 15) is 10.2 Å². The molecule has 0 radical (unpaired) electrons. The van der Waals surface area contributed by atoms with Crippen LogP contribution in [0, 0.1) is 6.92 Å². The molecule has 1 fully saturated rings. The van der Waals surface area contributed by atoms with Crippen LogP contribution in [0.1, 0.15) is 22.3 Å². The average molecular weight is 375 g/mol. The molecule has 1 atom stereocenters. The maximum absolute atomic E-state index is 10.8. The lowest BCUT2D eigenvalue weighted by Crippen LogP contribution is -3.28. The van der Waals surface area contributed by atoms with Crippen molar-refractivity contribution in [3.05, 3.63) is 46.6 Å². The van der Waals surface area contributed by atoms with E-state index in [0.717, 1.165) is 42.6 Å². The van der Waals surface area contributed by atoms with Crippen LogP contribution in [-0.4, -0.2) is 64.1 Å². The first-order valence-corrected chi connectivity index (χ1v) is 9.88. The van der Waals surface area contributed by atoms with E-state index in [1.807, 2.05) is 25.1 Å². The van der Waals surface area contributed by atoms with Gasteiger partial charge in [0.05, 0.1) is 6.61 Å². The van der Waals surface area contributed by atoms with Crippen molar-refractivity contribution in [2.45, 2.75) is 13.0 Å². The molecule has 1 saturated heterocycles. The van der Waals surface area contributed by atoms with Gasteiger partial charge in [-0.25, -0.2) is 4.98 Å². The van der Waals surface area contributed by atoms with Crippen molar-refractivity contribution in [1.82, 2.24) is 14.6 Å². The summed E-state index contributed by atoms with van der Waals surface area (Å²) in [5.74, 6) is 0.875. The summed E-state index contributed by atoms with van der Waals surface area (Å²) in [6.45, 7) is 6.94. The summed E-state index contributed by atoms with van der Waals surface area (Å²) >= 11 is 1.52. The van der Waals surface area contributed by atoms with Crippen molar-refractivity contribution in [3.8, 4) is 5.88 Å². The molecule has 2 aromatic heterocycles. The van der Waals surface area contributed by atoms with E-state index in [1.165, 1.54) is 26.7 Å². The van der Waals surface area contributed by atoms with E-state index >= 15 is 0 Å². The smallest absolute Gasteiger partial charge is 0.235 e. The summed E-state index contributed by atoms with van der Waals surface area (Å²) < 4.78 is 1.55. The second-order valence-corrected chi connectivity index (χ2v) is 7.88. The predicted molar refractivity (Wildman–Crippen MR) is 98.9 cm³/mol. The molecule has 1 aliphatic rings. The minimum Gasteiger partial charge on any atom is -0.492 e. The molecule has 0 aliphatic carbocycles. The highest BCUT2D eigenvalue weighted by Crippen LogP contribution is 2.34. The molecule has 0 bridgehead atoms. The number of nitrogens with one attached hydrogen (secondary N) is 2. The van der Waals surface area contributed by atoms with Gasteiger partial charge in [-0.3, -0.25) is 0 Å². The molecule has 0 spiro atoms. The third-order valence-electron chi connectivity index (χ3n) is 5.17. The number of aliphatic hydroxyl groups excluding tert-OH is 1. The van der Waals surface area contributed by atoms with Crippen LogP contribution < -0.4 is 9.80 Å². The van der Waals surface area contributed by atoms with E-state index in [1.54, 1.807) is 4.52 Å². The third kappa shape index (κ3) is 3.21. The van der Waals surface area contributed by atoms with Gasteiger partial charge in [-0.15, -0.1) is 5.10 Å². The molecule has 0 amide bonds. The number of aromatic hydroxyl groups is 1. The molecule has 0 saturated carbocycles. The SMILES string of the molecule is Cc1nc2sc([C@@H](c3ccccc3)[NH+]3CC[NH+](CCO)CC3)c(O)n2n1. The lowest BCUT2D eigenvalue weighted by molar-refractivity contribution is -1.02. The Balaban J connectivity index is 1.69. The fourth-order valence-electron chi connectivity index (χ4n) is 3.88. The zero-order valence-corrected chi connectivity index (χ0v) is 15.7. The molecule has 0 unspecified atom stereocenters. The summed E-state index contributed by atoms with van der Waals surface area (Å²) in [5.41, 5.74) is 1.20. The number of aliphatic hydroxyl groups is 1. The minimum atomic E-state index is 0.0701. The summed E-state index contributed by atoms with van der Waals surface area (Å²) in [5, 5.41) is 24.3. The van der Waals surface area contributed by atoms with Crippen LogP contribution in [0.5, 0.6) is 5.88 Å². The van der Waals surface area contributed by atoms with Crippen LogP contribution in [-0.2, 0) is 0 Å². The highest BCUT2D eigenvalue weighted by molar-refractivity contribution is 7.17. The normalized spacial score (nSPS) is 21.9. The number of aryl methyl sites for hydroxylation is 1. The monoisotopic (exact) mass is 375 g/mol. The zero-order chi connectivity index (χ0) is 18.1. The van der Waals surface area contributed by atoms with Crippen molar-refractivity contribution in [1.29, 1.82) is 0 Å². The lowest BCUT2D eigenvalue weighted by Gasteiger charge is -2.34. The lowest BCUT2D eigenvalue weighted by atomic mass is 10.0. The molecule has 3 aromatic rings. The third-order valence-corrected chi connectivity index (χ3v) is 6.26. The van der Waals surface area contributed by atoms with Crippen molar-refractivity contribution in [2.75, 3.05) is 39.3 Å². The van der Waals surface area contributed by atoms with Gasteiger partial charge in [0.25, 0.3) is 0 Å². The zero-order valence-electron chi connectivity index (χ0n) is 14.9. The number of nitrogens with zero attached hydrogens (tertiary/aromatic N) is 3. The standard InChI is InChI=1S/C18H23N5O2S/c1-13-19-18-23(20-13)17(25)16(26-18)15(14-5-3-2-4-6-14)22-9-7-21(8-10-22)11-12-24/h2-6,15,24-25H,7-12H2,1H3/p+2/t15-/m1/s1. The van der Waals surface area contributed by atoms with E-state index in [2.05, 4.69) is 22.2 Å². The number of hydrogen-bond donors (Lipinski definition) is 4. The number of fused-ring (bicyclic) bond motifs is 1. The van der Waals surface area contributed by atoms with Crippen LogP contribution in [0.25, 0.3) is 4.96 Å². The highest BCUT2D eigenvalue weighted by Gasteiger charge is 2.35. The largest absolute Gasteiger partial charge is 0.492 e. The molecular weight excluding hydrogens is 350 g/mol. The predicted octanol–water partition coefficient (Wildman–Crippen LogP) is -1.33. The maximum atomic E-state index is 10.8. The Labute approximate surface area is 156 Å². The Hall–Kier alpha value is -2.00. The van der Waals surface area contributed by atoms with Gasteiger partial charge in [0.2, 0.25) is 10.8 Å². The number of benzene rings is 1. The molecule has 4 N–H and O–H groups in total. The fourth-order valence-corrected chi connectivity index (χ4v) is 5.06. The number of aromatic nitrogens is 3. The van der Waals surface area contributed by atoms with Crippen LogP contribution in [0.15, 0.2) is 30.3 Å². The second-order valence-electron chi connectivity index (χ2n) is 6.87. The molecular formula is C18H25N5O2S+2. The average Bonchev–Trinajstić information content (AvgIpc) is 3.16. The van der Waals surface area contributed by atoms with E-state index < -0.39 is 0 Å². The quantitative estimate of drug-likeness (QED) is 0.446. The Bertz CT molecular complexity index is 870. The molecule has 3 heterocycles. The first-order chi connectivity index (χ1) is 12.7. The van der Waals surface area contributed by atoms with Crippen molar-refractivity contribution < 1.29 is 20.0 Å². The Morgan fingerprint density at radius 1 is 1.19 bits per heavy atom. The molecule has 8 heteroatoms. The number of hydrogen-bond acceptors (Lipinski definition) is 5. The molecule has 4 rings (SSSR count). The van der Waals surface area contributed by atoms with Crippen molar-refractivity contribution >= 4 is 16.3 Å². The Kier molecular flexibility index (Phi) is 4.90. The first-order valence-electron chi connectivity index (χ1n) is 9.06. The van der Waals surface area contributed by atoms with E-state index in [0.29, 0.717) is 5.82 Å². The number of quaternary nitrogens is 2. The number of rotatable bonds is 5. The van der Waals surface area contributed by atoms with Gasteiger partial charge in [0.15, 0.2) is 6.04 Å². The summed E-state index contributed by atoms with van der Waals surface area (Å²) in [6, 6.07) is 10.4. The minimum absolute atomic E-state index is 0.0701. The summed E-state index contributed by atoms with van der Waals surface area (Å²) in [7, 11) is 0. The Morgan fingerprint density at radius 3 is 2.58 bits per heavy atom. The summed E-state index contributed by atoms with van der Waals surface area (Å²) in [6.07, 6.45) is 0. The molecule has 7 nitrogen and oxygen atoms in total. The number of piperazine rings is 1. The van der Waals surface area contributed by atoms with Crippen LogP contribution in [0.2, 0.25) is 0 Å².